The number of aliphatic hydroxyl groups excluding tert-OH is 1. The molecular weight excluding hydrogens is 250 g/mol. The Morgan fingerprint density at radius 3 is 2.68 bits per heavy atom. The van der Waals surface area contributed by atoms with Gasteiger partial charge in [-0.05, 0) is 26.3 Å². The second kappa shape index (κ2) is 5.75. The van der Waals surface area contributed by atoms with E-state index in [1.54, 1.807) is 4.90 Å². The number of carbonyl (C=O) groups is 2. The number of amides is 2. The summed E-state index contributed by atoms with van der Waals surface area (Å²) in [4.78, 5) is 27.0. The molecule has 3 N–H and O–H groups in total. The molecule has 2 aliphatic rings. The number of nitrogens with one attached hydrogen (secondary N) is 1. The number of nitrogens with zero attached hydrogens (tertiary/aromatic N) is 2. The minimum atomic E-state index is -1.26. The molecule has 2 fully saturated rings. The summed E-state index contributed by atoms with van der Waals surface area (Å²) >= 11 is 0. The number of carboxylic acids is 1. The molecule has 3 unspecified atom stereocenters. The van der Waals surface area contributed by atoms with E-state index in [0.717, 1.165) is 25.9 Å². The second-order valence-corrected chi connectivity index (χ2v) is 5.28. The molecule has 0 saturated carbocycles. The first-order valence-corrected chi connectivity index (χ1v) is 6.69. The quantitative estimate of drug-likeness (QED) is 0.632. The lowest BCUT2D eigenvalue weighted by molar-refractivity contribution is -0.141. The Morgan fingerprint density at radius 1 is 1.32 bits per heavy atom. The molecule has 2 aliphatic heterocycles. The van der Waals surface area contributed by atoms with Gasteiger partial charge in [0.2, 0.25) is 0 Å². The van der Waals surface area contributed by atoms with Gasteiger partial charge in [-0.2, -0.15) is 0 Å². The van der Waals surface area contributed by atoms with Gasteiger partial charge >= 0.3 is 12.0 Å². The van der Waals surface area contributed by atoms with Crippen molar-refractivity contribution in [2.45, 2.75) is 38.0 Å². The van der Waals surface area contributed by atoms with Crippen LogP contribution in [0.5, 0.6) is 0 Å². The molecule has 19 heavy (non-hydrogen) atoms. The maximum Gasteiger partial charge on any atom is 0.328 e. The van der Waals surface area contributed by atoms with Gasteiger partial charge in [-0.15, -0.1) is 0 Å². The van der Waals surface area contributed by atoms with E-state index < -0.39 is 24.1 Å². The van der Waals surface area contributed by atoms with Crippen LogP contribution in [-0.4, -0.2) is 76.4 Å². The average molecular weight is 271 g/mol. The van der Waals surface area contributed by atoms with Crippen LogP contribution >= 0.6 is 0 Å². The van der Waals surface area contributed by atoms with Gasteiger partial charge in [-0.1, -0.05) is 0 Å². The Morgan fingerprint density at radius 2 is 2.05 bits per heavy atom. The average Bonchev–Trinajstić information content (AvgIpc) is 2.81. The van der Waals surface area contributed by atoms with Crippen molar-refractivity contribution in [2.75, 3.05) is 26.2 Å². The molecule has 0 aromatic rings. The highest BCUT2D eigenvalue weighted by molar-refractivity contribution is 5.83. The Kier molecular flexibility index (Phi) is 4.26. The van der Waals surface area contributed by atoms with E-state index in [0.29, 0.717) is 19.1 Å². The molecular formula is C12H21N3O4. The van der Waals surface area contributed by atoms with Crippen molar-refractivity contribution in [1.29, 1.82) is 0 Å². The summed E-state index contributed by atoms with van der Waals surface area (Å²) in [5.41, 5.74) is 0. The third-order valence-electron chi connectivity index (χ3n) is 3.90. The molecule has 7 heteroatoms. The molecule has 2 amide bonds. The molecule has 3 atom stereocenters. The SMILES string of the molecule is CC(O)C(NC(=O)N1CCN2CCCC2C1)C(=O)O. The molecule has 2 rings (SSSR count). The number of rotatable bonds is 3. The van der Waals surface area contributed by atoms with Gasteiger partial charge in [0.15, 0.2) is 6.04 Å². The fraction of sp³-hybridized carbons (Fsp3) is 0.833. The third-order valence-corrected chi connectivity index (χ3v) is 3.90. The van der Waals surface area contributed by atoms with Crippen molar-refractivity contribution in [3.63, 3.8) is 0 Å². The minimum Gasteiger partial charge on any atom is -0.480 e. The van der Waals surface area contributed by atoms with Gasteiger partial charge < -0.3 is 20.4 Å². The van der Waals surface area contributed by atoms with Crippen molar-refractivity contribution in [3.8, 4) is 0 Å². The van der Waals surface area contributed by atoms with Crippen molar-refractivity contribution in [1.82, 2.24) is 15.1 Å². The Labute approximate surface area is 112 Å². The number of urea groups is 1. The van der Waals surface area contributed by atoms with Crippen LogP contribution in [0.2, 0.25) is 0 Å². The van der Waals surface area contributed by atoms with Crippen LogP contribution < -0.4 is 5.32 Å². The fourth-order valence-electron chi connectivity index (χ4n) is 2.79. The number of hydrogen-bond acceptors (Lipinski definition) is 4. The van der Waals surface area contributed by atoms with Crippen LogP contribution in [0.4, 0.5) is 4.79 Å². The monoisotopic (exact) mass is 271 g/mol. The van der Waals surface area contributed by atoms with E-state index >= 15 is 0 Å². The number of piperazine rings is 1. The predicted octanol–water partition coefficient (Wildman–Crippen LogP) is -0.690. The zero-order valence-corrected chi connectivity index (χ0v) is 11.1. The third kappa shape index (κ3) is 3.16. The Balaban J connectivity index is 1.91. The number of carbonyl (C=O) groups excluding carboxylic acids is 1. The molecule has 0 bridgehead atoms. The smallest absolute Gasteiger partial charge is 0.328 e. The van der Waals surface area contributed by atoms with Gasteiger partial charge in [0, 0.05) is 25.7 Å². The molecule has 2 saturated heterocycles. The van der Waals surface area contributed by atoms with E-state index in [1.807, 2.05) is 0 Å². The summed E-state index contributed by atoms with van der Waals surface area (Å²) in [5.74, 6) is -1.22. The summed E-state index contributed by atoms with van der Waals surface area (Å²) in [5, 5.41) is 20.7. The largest absolute Gasteiger partial charge is 0.480 e. The molecule has 0 spiro atoms. The number of fused-ring (bicyclic) bond motifs is 1. The molecule has 7 nitrogen and oxygen atoms in total. The molecule has 2 heterocycles. The summed E-state index contributed by atoms with van der Waals surface area (Å²) in [6.07, 6.45) is 1.13. The predicted molar refractivity (Wildman–Crippen MR) is 67.8 cm³/mol. The number of aliphatic hydroxyl groups is 1. The van der Waals surface area contributed by atoms with Crippen LogP contribution in [0.1, 0.15) is 19.8 Å². The molecule has 0 radical (unpaired) electrons. The van der Waals surface area contributed by atoms with Crippen LogP contribution in [0, 0.1) is 0 Å². The van der Waals surface area contributed by atoms with Gasteiger partial charge in [0.1, 0.15) is 0 Å². The first-order valence-electron chi connectivity index (χ1n) is 6.69. The summed E-state index contributed by atoms with van der Waals surface area (Å²) in [6, 6.07) is -1.26. The lowest BCUT2D eigenvalue weighted by Crippen LogP contribution is -2.58. The van der Waals surface area contributed by atoms with E-state index in [1.165, 1.54) is 6.92 Å². The van der Waals surface area contributed by atoms with Crippen molar-refractivity contribution < 1.29 is 19.8 Å². The normalized spacial score (nSPS) is 26.6. The lowest BCUT2D eigenvalue weighted by Gasteiger charge is -2.37. The van der Waals surface area contributed by atoms with Gasteiger partial charge in [-0.3, -0.25) is 4.90 Å². The number of carboxylic acid groups (broad SMARTS) is 1. The highest BCUT2D eigenvalue weighted by atomic mass is 16.4. The van der Waals surface area contributed by atoms with E-state index in [4.69, 9.17) is 5.11 Å². The molecule has 0 aromatic heterocycles. The van der Waals surface area contributed by atoms with Crippen LogP contribution in [0.25, 0.3) is 0 Å². The Bertz CT molecular complexity index is 361. The first kappa shape index (κ1) is 14.1. The second-order valence-electron chi connectivity index (χ2n) is 5.28. The fourth-order valence-corrected chi connectivity index (χ4v) is 2.79. The van der Waals surface area contributed by atoms with E-state index in [2.05, 4.69) is 10.2 Å². The van der Waals surface area contributed by atoms with Crippen LogP contribution in [0.15, 0.2) is 0 Å². The van der Waals surface area contributed by atoms with Crippen LogP contribution in [-0.2, 0) is 4.79 Å². The molecule has 0 aromatic carbocycles. The first-order chi connectivity index (χ1) is 8.99. The van der Waals surface area contributed by atoms with Gasteiger partial charge in [-0.25, -0.2) is 9.59 Å². The van der Waals surface area contributed by atoms with Crippen LogP contribution in [0.3, 0.4) is 0 Å². The molecule has 0 aliphatic carbocycles. The number of hydrogen-bond donors (Lipinski definition) is 3. The zero-order chi connectivity index (χ0) is 14.0. The standard InChI is InChI=1S/C12H21N3O4/c1-8(16)10(11(17)18)13-12(19)15-6-5-14-4-2-3-9(14)7-15/h8-10,16H,2-7H2,1H3,(H,13,19)(H,17,18). The van der Waals surface area contributed by atoms with Crippen molar-refractivity contribution in [3.05, 3.63) is 0 Å². The van der Waals surface area contributed by atoms with E-state index in [-0.39, 0.29) is 0 Å². The lowest BCUT2D eigenvalue weighted by atomic mass is 10.1. The van der Waals surface area contributed by atoms with E-state index in [9.17, 15) is 14.7 Å². The van der Waals surface area contributed by atoms with Crippen molar-refractivity contribution >= 4 is 12.0 Å². The highest BCUT2D eigenvalue weighted by Gasteiger charge is 2.34. The summed E-state index contributed by atoms with van der Waals surface area (Å²) in [7, 11) is 0. The topological polar surface area (TPSA) is 93.1 Å². The summed E-state index contributed by atoms with van der Waals surface area (Å²) in [6.45, 7) is 4.52. The van der Waals surface area contributed by atoms with Crippen molar-refractivity contribution in [2.24, 2.45) is 0 Å². The van der Waals surface area contributed by atoms with Gasteiger partial charge in [0.25, 0.3) is 0 Å². The highest BCUT2D eigenvalue weighted by Crippen LogP contribution is 2.21. The molecule has 108 valence electrons. The van der Waals surface area contributed by atoms with Gasteiger partial charge in [0.05, 0.1) is 6.10 Å². The Hall–Kier alpha value is -1.34. The maximum atomic E-state index is 12.0. The maximum absolute atomic E-state index is 12.0. The zero-order valence-electron chi connectivity index (χ0n) is 11.1. The minimum absolute atomic E-state index is 0.398. The summed E-state index contributed by atoms with van der Waals surface area (Å²) < 4.78 is 0. The number of aliphatic carboxylic acids is 1.